The lowest BCUT2D eigenvalue weighted by atomic mass is 9.95. The number of likely N-dealkylation sites (tertiary alicyclic amines) is 1. The normalized spacial score (nSPS) is 19.6. The van der Waals surface area contributed by atoms with Crippen LogP contribution in [0.4, 0.5) is 4.39 Å². The summed E-state index contributed by atoms with van der Waals surface area (Å²) in [5, 5.41) is 2.95. The summed E-state index contributed by atoms with van der Waals surface area (Å²) in [6, 6.07) is 6.39. The number of carbonyl (C=O) groups excluding carboxylic acids is 2. The number of rotatable bonds is 4. The van der Waals surface area contributed by atoms with Crippen LogP contribution in [-0.2, 0) is 22.7 Å². The zero-order valence-corrected chi connectivity index (χ0v) is 17.3. The third-order valence-electron chi connectivity index (χ3n) is 5.76. The van der Waals surface area contributed by atoms with Gasteiger partial charge in [0, 0.05) is 25.0 Å². The number of fused-ring (bicyclic) bond motifs is 1. The molecule has 160 valence electrons. The molecule has 0 bridgehead atoms. The minimum absolute atomic E-state index is 0.0489. The summed E-state index contributed by atoms with van der Waals surface area (Å²) in [5.41, 5.74) is 2.07. The Morgan fingerprint density at radius 2 is 1.90 bits per heavy atom. The Labute approximate surface area is 175 Å². The molecule has 2 aliphatic heterocycles. The van der Waals surface area contributed by atoms with Gasteiger partial charge in [-0.15, -0.1) is 0 Å². The molecule has 1 atom stereocenters. The number of imidazole rings is 1. The molecular weight excluding hydrogens is 387 g/mol. The first-order valence-electron chi connectivity index (χ1n) is 10.4. The lowest BCUT2D eigenvalue weighted by molar-refractivity contribution is -0.126. The maximum absolute atomic E-state index is 13.2. The van der Waals surface area contributed by atoms with Crippen LogP contribution in [0.3, 0.4) is 0 Å². The van der Waals surface area contributed by atoms with Crippen molar-refractivity contribution in [2.75, 3.05) is 13.1 Å². The second-order valence-corrected chi connectivity index (χ2v) is 8.27. The van der Waals surface area contributed by atoms with Gasteiger partial charge in [0.05, 0.1) is 25.2 Å². The second-order valence-electron chi connectivity index (χ2n) is 8.27. The number of nitrogens with zero attached hydrogens (tertiary/aromatic N) is 3. The number of hydrogen-bond acceptors (Lipinski definition) is 4. The van der Waals surface area contributed by atoms with E-state index in [1.54, 1.807) is 23.4 Å². The second kappa shape index (κ2) is 8.55. The predicted molar refractivity (Wildman–Crippen MR) is 108 cm³/mol. The standard InChI is InChI=1S/C22H27FN4O3/c1-14(2)25-21(28)16-7-9-26(10-8-16)22(29)20-18-12-30-19(11-27(18)13-24-20)15-3-5-17(23)6-4-15/h3-6,13-14,16,19H,7-12H2,1-2H3,(H,25,28)/t19-/m0/s1. The Balaban J connectivity index is 1.39. The fraction of sp³-hybridized carbons (Fsp3) is 0.500. The number of hydrogen-bond donors (Lipinski definition) is 1. The van der Waals surface area contributed by atoms with Crippen molar-refractivity contribution < 1.29 is 18.7 Å². The summed E-state index contributed by atoms with van der Waals surface area (Å²) >= 11 is 0. The summed E-state index contributed by atoms with van der Waals surface area (Å²) in [6.07, 6.45) is 2.78. The number of amides is 2. The minimum atomic E-state index is -0.281. The van der Waals surface area contributed by atoms with E-state index in [2.05, 4.69) is 10.3 Å². The molecule has 2 aliphatic rings. The van der Waals surface area contributed by atoms with Crippen molar-refractivity contribution in [3.8, 4) is 0 Å². The highest BCUT2D eigenvalue weighted by atomic mass is 19.1. The molecule has 0 unspecified atom stereocenters. The molecule has 1 fully saturated rings. The van der Waals surface area contributed by atoms with Gasteiger partial charge < -0.3 is 19.5 Å². The summed E-state index contributed by atoms with van der Waals surface area (Å²) in [6.45, 7) is 5.78. The van der Waals surface area contributed by atoms with Crippen molar-refractivity contribution in [1.29, 1.82) is 0 Å². The molecule has 0 radical (unpaired) electrons. The molecule has 7 nitrogen and oxygen atoms in total. The van der Waals surface area contributed by atoms with Crippen LogP contribution >= 0.6 is 0 Å². The van der Waals surface area contributed by atoms with Crippen LogP contribution in [0.2, 0.25) is 0 Å². The van der Waals surface area contributed by atoms with Crippen LogP contribution in [0.1, 0.15) is 54.5 Å². The first-order chi connectivity index (χ1) is 14.4. The first-order valence-corrected chi connectivity index (χ1v) is 10.4. The quantitative estimate of drug-likeness (QED) is 0.835. The molecular formula is C22H27FN4O3. The molecule has 3 heterocycles. The number of benzene rings is 1. The Bertz CT molecular complexity index is 917. The summed E-state index contributed by atoms with van der Waals surface area (Å²) < 4.78 is 21.0. The van der Waals surface area contributed by atoms with E-state index in [-0.39, 0.29) is 42.3 Å². The maximum atomic E-state index is 13.2. The van der Waals surface area contributed by atoms with Crippen molar-refractivity contribution >= 4 is 11.8 Å². The van der Waals surface area contributed by atoms with Crippen molar-refractivity contribution in [3.05, 3.63) is 53.4 Å². The molecule has 0 aliphatic carbocycles. The van der Waals surface area contributed by atoms with Gasteiger partial charge in [-0.1, -0.05) is 12.1 Å². The van der Waals surface area contributed by atoms with Crippen molar-refractivity contribution in [2.24, 2.45) is 5.92 Å². The highest BCUT2D eigenvalue weighted by molar-refractivity contribution is 5.93. The van der Waals surface area contributed by atoms with Gasteiger partial charge in [-0.25, -0.2) is 9.37 Å². The Morgan fingerprint density at radius 3 is 2.57 bits per heavy atom. The van der Waals surface area contributed by atoms with E-state index in [4.69, 9.17) is 4.74 Å². The molecule has 0 spiro atoms. The van der Waals surface area contributed by atoms with E-state index >= 15 is 0 Å². The number of carbonyl (C=O) groups is 2. The van der Waals surface area contributed by atoms with Crippen LogP contribution < -0.4 is 5.32 Å². The van der Waals surface area contributed by atoms with E-state index in [0.29, 0.717) is 38.2 Å². The third-order valence-corrected chi connectivity index (χ3v) is 5.76. The van der Waals surface area contributed by atoms with Crippen LogP contribution in [0.15, 0.2) is 30.6 Å². The Hall–Kier alpha value is -2.74. The summed E-state index contributed by atoms with van der Waals surface area (Å²) in [7, 11) is 0. The molecule has 1 N–H and O–H groups in total. The zero-order valence-electron chi connectivity index (χ0n) is 17.3. The van der Waals surface area contributed by atoms with E-state index in [1.165, 1.54) is 12.1 Å². The highest BCUT2D eigenvalue weighted by Crippen LogP contribution is 2.29. The smallest absolute Gasteiger partial charge is 0.274 e. The molecule has 0 saturated carbocycles. The number of ether oxygens (including phenoxy) is 1. The lowest BCUT2D eigenvalue weighted by Gasteiger charge is -2.32. The van der Waals surface area contributed by atoms with Gasteiger partial charge in [-0.2, -0.15) is 0 Å². The third kappa shape index (κ3) is 4.23. The number of piperidine rings is 1. The fourth-order valence-electron chi connectivity index (χ4n) is 4.08. The van der Waals surface area contributed by atoms with Crippen molar-refractivity contribution in [3.63, 3.8) is 0 Å². The van der Waals surface area contributed by atoms with Gasteiger partial charge in [0.25, 0.3) is 5.91 Å². The lowest BCUT2D eigenvalue weighted by Crippen LogP contribution is -2.44. The first kappa shape index (κ1) is 20.5. The Kier molecular flexibility index (Phi) is 5.85. The molecule has 8 heteroatoms. The molecule has 1 aromatic carbocycles. The topological polar surface area (TPSA) is 76.5 Å². The SMILES string of the molecule is CC(C)NC(=O)C1CCN(C(=O)c2ncn3c2CO[C@H](c2ccc(F)cc2)C3)CC1. The molecule has 2 amide bonds. The van der Waals surface area contributed by atoms with Crippen molar-refractivity contribution in [1.82, 2.24) is 19.8 Å². The van der Waals surface area contributed by atoms with Crippen molar-refractivity contribution in [2.45, 2.75) is 52.0 Å². The van der Waals surface area contributed by atoms with Gasteiger partial charge >= 0.3 is 0 Å². The summed E-state index contributed by atoms with van der Waals surface area (Å²) in [5.74, 6) is -0.379. The molecule has 1 saturated heterocycles. The zero-order chi connectivity index (χ0) is 21.3. The van der Waals surface area contributed by atoms with E-state index in [0.717, 1.165) is 11.3 Å². The number of aromatic nitrogens is 2. The van der Waals surface area contributed by atoms with Crippen LogP contribution in [0.5, 0.6) is 0 Å². The number of halogens is 1. The molecule has 4 rings (SSSR count). The van der Waals surface area contributed by atoms with Crippen LogP contribution in [0, 0.1) is 11.7 Å². The molecule has 2 aromatic rings. The fourth-order valence-corrected chi connectivity index (χ4v) is 4.08. The molecule has 30 heavy (non-hydrogen) atoms. The van der Waals surface area contributed by atoms with Gasteiger partial charge in [-0.3, -0.25) is 9.59 Å². The average Bonchev–Trinajstić information content (AvgIpc) is 3.16. The highest BCUT2D eigenvalue weighted by Gasteiger charge is 2.32. The van der Waals surface area contributed by atoms with Gasteiger partial charge in [0.2, 0.25) is 5.91 Å². The van der Waals surface area contributed by atoms with Crippen LogP contribution in [-0.4, -0.2) is 45.4 Å². The van der Waals surface area contributed by atoms with E-state index in [9.17, 15) is 14.0 Å². The van der Waals surface area contributed by atoms with E-state index < -0.39 is 0 Å². The monoisotopic (exact) mass is 414 g/mol. The van der Waals surface area contributed by atoms with Gasteiger partial charge in [-0.05, 0) is 44.4 Å². The van der Waals surface area contributed by atoms with Gasteiger partial charge in [0.1, 0.15) is 11.9 Å². The summed E-state index contributed by atoms with van der Waals surface area (Å²) in [4.78, 5) is 31.4. The maximum Gasteiger partial charge on any atom is 0.274 e. The largest absolute Gasteiger partial charge is 0.365 e. The van der Waals surface area contributed by atoms with Gasteiger partial charge in [0.15, 0.2) is 5.69 Å². The predicted octanol–water partition coefficient (Wildman–Crippen LogP) is 2.67. The van der Waals surface area contributed by atoms with E-state index in [1.807, 2.05) is 18.4 Å². The minimum Gasteiger partial charge on any atom is -0.365 e. The average molecular weight is 414 g/mol. The number of nitrogens with one attached hydrogen (secondary N) is 1. The molecule has 1 aromatic heterocycles. The Morgan fingerprint density at radius 1 is 1.20 bits per heavy atom. The van der Waals surface area contributed by atoms with Crippen LogP contribution in [0.25, 0.3) is 0 Å².